The minimum atomic E-state index is -0.734. The Morgan fingerprint density at radius 1 is 0.960 bits per heavy atom. The topological polar surface area (TPSA) is 139 Å². The van der Waals surface area contributed by atoms with Gasteiger partial charge >= 0.3 is 12.1 Å². The van der Waals surface area contributed by atoms with E-state index in [1.54, 1.807) is 25.7 Å². The van der Waals surface area contributed by atoms with Crippen LogP contribution in [0.2, 0.25) is 0 Å². The number of piperidine rings is 1. The van der Waals surface area contributed by atoms with Crippen molar-refractivity contribution in [3.8, 4) is 0 Å². The van der Waals surface area contributed by atoms with Crippen molar-refractivity contribution in [2.75, 3.05) is 49.2 Å². The van der Waals surface area contributed by atoms with Gasteiger partial charge in [0.2, 0.25) is 5.95 Å². The molecule has 2 aromatic heterocycles. The van der Waals surface area contributed by atoms with E-state index in [4.69, 9.17) is 19.0 Å². The van der Waals surface area contributed by atoms with Gasteiger partial charge < -0.3 is 34.0 Å². The number of rotatable bonds is 8. The van der Waals surface area contributed by atoms with Crippen molar-refractivity contribution in [1.82, 2.24) is 30.3 Å². The van der Waals surface area contributed by atoms with Crippen LogP contribution in [0, 0.1) is 11.6 Å². The number of nitrogens with zero attached hydrogens (tertiary/aromatic N) is 7. The van der Waals surface area contributed by atoms with Gasteiger partial charge in [-0.15, -0.1) is 0 Å². The molecule has 0 bridgehead atoms. The van der Waals surface area contributed by atoms with E-state index < -0.39 is 35.3 Å². The average molecular weight is 695 g/mol. The predicted octanol–water partition coefficient (Wildman–Crippen LogP) is 4.80. The van der Waals surface area contributed by atoms with Crippen LogP contribution in [0.25, 0.3) is 0 Å². The van der Waals surface area contributed by atoms with Gasteiger partial charge in [-0.1, -0.05) is 5.16 Å². The molecule has 3 aliphatic heterocycles. The molecule has 4 aliphatic rings. The van der Waals surface area contributed by atoms with Crippen LogP contribution in [-0.4, -0.2) is 100 Å². The number of halogens is 2. The third kappa shape index (κ3) is 7.67. The van der Waals surface area contributed by atoms with Crippen LogP contribution in [0.1, 0.15) is 92.9 Å². The standard InChI is InChI=1S/C35H44F2N8O5/c1-35(2,3)49-34(47)40-29-20-44(19-27(29)26-16-23(36)4-7-28(26)37)32-38-17-22(18-39-32)31(46)45(24-5-6-24)25-8-12-43(13-9-25)33-41-30(42-50-33)21-10-14-48-15-11-21/h4,7,16-18,21,24-25,27,29H,5-6,8-15,19-20H2,1-3H3,(H,40,47). The van der Waals surface area contributed by atoms with E-state index in [0.29, 0.717) is 43.8 Å². The van der Waals surface area contributed by atoms with Gasteiger partial charge in [0.05, 0.1) is 11.6 Å². The van der Waals surface area contributed by atoms with Gasteiger partial charge in [0.15, 0.2) is 5.82 Å². The summed E-state index contributed by atoms with van der Waals surface area (Å²) in [5.41, 5.74) is -0.205. The van der Waals surface area contributed by atoms with E-state index in [1.807, 2.05) is 4.90 Å². The normalized spacial score (nSPS) is 22.1. The zero-order chi connectivity index (χ0) is 35.0. The van der Waals surface area contributed by atoms with Crippen molar-refractivity contribution in [3.05, 3.63) is 59.2 Å². The van der Waals surface area contributed by atoms with Crippen LogP contribution in [0.5, 0.6) is 0 Å². The molecule has 2 amide bonds. The molecule has 1 aromatic carbocycles. The Morgan fingerprint density at radius 3 is 2.34 bits per heavy atom. The molecule has 5 heterocycles. The number of hydrogen-bond acceptors (Lipinski definition) is 11. The maximum atomic E-state index is 14.9. The highest BCUT2D eigenvalue weighted by Gasteiger charge is 2.41. The molecule has 2 unspecified atom stereocenters. The van der Waals surface area contributed by atoms with Crippen molar-refractivity contribution in [2.45, 2.75) is 94.9 Å². The van der Waals surface area contributed by atoms with Gasteiger partial charge in [-0.25, -0.2) is 23.5 Å². The average Bonchev–Trinajstić information content (AvgIpc) is 3.64. The summed E-state index contributed by atoms with van der Waals surface area (Å²) in [4.78, 5) is 46.3. The molecule has 0 spiro atoms. The summed E-state index contributed by atoms with van der Waals surface area (Å²) in [5.74, 6) is -0.530. The Hall–Kier alpha value is -4.40. The fraction of sp³-hybridized carbons (Fsp3) is 0.600. The lowest BCUT2D eigenvalue weighted by molar-refractivity contribution is 0.0503. The quantitative estimate of drug-likeness (QED) is 0.348. The van der Waals surface area contributed by atoms with Gasteiger partial charge in [0.1, 0.15) is 17.2 Å². The third-order valence-corrected chi connectivity index (χ3v) is 9.87. The number of benzene rings is 1. The first kappa shape index (κ1) is 34.1. The molecule has 15 heteroatoms. The van der Waals surface area contributed by atoms with E-state index >= 15 is 0 Å². The van der Waals surface area contributed by atoms with Crippen molar-refractivity contribution in [1.29, 1.82) is 0 Å². The summed E-state index contributed by atoms with van der Waals surface area (Å²) in [7, 11) is 0. The zero-order valence-corrected chi connectivity index (χ0v) is 28.7. The Bertz CT molecular complexity index is 1670. The predicted molar refractivity (Wildman–Crippen MR) is 178 cm³/mol. The lowest BCUT2D eigenvalue weighted by Crippen LogP contribution is -2.48. The number of carbonyl (C=O) groups excluding carboxylic acids is 2. The number of nitrogens with one attached hydrogen (secondary N) is 1. The molecule has 0 radical (unpaired) electrons. The molecule has 1 N–H and O–H groups in total. The van der Waals surface area contributed by atoms with Gasteiger partial charge in [-0.3, -0.25) is 4.79 Å². The van der Waals surface area contributed by atoms with Crippen molar-refractivity contribution < 1.29 is 32.4 Å². The SMILES string of the molecule is CC(C)(C)OC(=O)NC1CN(c2ncc(C(=O)N(C3CC3)C3CCN(c4nc(C5CCOCC5)no4)CC3)cn2)CC1c1cc(F)ccc1F. The monoisotopic (exact) mass is 694 g/mol. The smallest absolute Gasteiger partial charge is 0.407 e. The minimum absolute atomic E-state index is 0.0593. The maximum absolute atomic E-state index is 14.9. The van der Waals surface area contributed by atoms with E-state index in [2.05, 4.69) is 25.3 Å². The first-order valence-electron chi connectivity index (χ1n) is 17.5. The van der Waals surface area contributed by atoms with Crippen LogP contribution in [0.4, 0.5) is 25.5 Å². The second-order valence-corrected chi connectivity index (χ2v) is 14.7. The number of hydrogen-bond donors (Lipinski definition) is 1. The van der Waals surface area contributed by atoms with Crippen LogP contribution < -0.4 is 15.1 Å². The van der Waals surface area contributed by atoms with E-state index in [-0.39, 0.29) is 42.6 Å². The number of alkyl carbamates (subject to hydrolysis) is 1. The summed E-state index contributed by atoms with van der Waals surface area (Å²) in [5, 5.41) is 7.08. The molecule has 7 rings (SSSR count). The largest absolute Gasteiger partial charge is 0.444 e. The molecular weight excluding hydrogens is 650 g/mol. The lowest BCUT2D eigenvalue weighted by Gasteiger charge is -2.38. The first-order valence-corrected chi connectivity index (χ1v) is 17.5. The highest BCUT2D eigenvalue weighted by molar-refractivity contribution is 5.94. The first-order chi connectivity index (χ1) is 24.0. The van der Waals surface area contributed by atoms with E-state index in [9.17, 15) is 18.4 Å². The summed E-state index contributed by atoms with van der Waals surface area (Å²) >= 11 is 0. The zero-order valence-electron chi connectivity index (χ0n) is 28.7. The molecule has 3 saturated heterocycles. The summed E-state index contributed by atoms with van der Waals surface area (Å²) < 4.78 is 45.7. The molecule has 50 heavy (non-hydrogen) atoms. The Morgan fingerprint density at radius 2 is 1.66 bits per heavy atom. The number of carbonyl (C=O) groups is 2. The fourth-order valence-electron chi connectivity index (χ4n) is 7.22. The van der Waals surface area contributed by atoms with Gasteiger partial charge in [0, 0.05) is 75.7 Å². The fourth-order valence-corrected chi connectivity index (χ4v) is 7.22. The Kier molecular flexibility index (Phi) is 9.59. The molecule has 3 aromatic rings. The van der Waals surface area contributed by atoms with Crippen LogP contribution in [-0.2, 0) is 9.47 Å². The van der Waals surface area contributed by atoms with Crippen LogP contribution >= 0.6 is 0 Å². The van der Waals surface area contributed by atoms with Crippen molar-refractivity contribution in [3.63, 3.8) is 0 Å². The number of aromatic nitrogens is 4. The van der Waals surface area contributed by atoms with Crippen molar-refractivity contribution in [2.24, 2.45) is 0 Å². The second kappa shape index (κ2) is 14.1. The summed E-state index contributed by atoms with van der Waals surface area (Å²) in [6.45, 7) is 8.53. The highest BCUT2D eigenvalue weighted by atomic mass is 19.1. The molecule has 4 fully saturated rings. The molecule has 2 atom stereocenters. The van der Waals surface area contributed by atoms with Gasteiger partial charge in [-0.2, -0.15) is 4.98 Å². The van der Waals surface area contributed by atoms with Crippen molar-refractivity contribution >= 4 is 24.0 Å². The molecule has 1 aliphatic carbocycles. The lowest BCUT2D eigenvalue weighted by atomic mass is 9.94. The maximum Gasteiger partial charge on any atom is 0.407 e. The summed E-state index contributed by atoms with van der Waals surface area (Å²) in [6.07, 6.45) is 7.64. The van der Waals surface area contributed by atoms with Crippen LogP contribution in [0.15, 0.2) is 35.1 Å². The number of ether oxygens (including phenoxy) is 2. The van der Waals surface area contributed by atoms with E-state index in [1.165, 1.54) is 12.4 Å². The molecule has 1 saturated carbocycles. The number of amides is 2. The summed E-state index contributed by atoms with van der Waals surface area (Å²) in [6, 6.07) is 3.46. The highest BCUT2D eigenvalue weighted by Crippen LogP contribution is 2.35. The van der Waals surface area contributed by atoms with Gasteiger partial charge in [-0.05, 0) is 83.1 Å². The van der Waals surface area contributed by atoms with Crippen LogP contribution in [0.3, 0.4) is 0 Å². The molecule has 13 nitrogen and oxygen atoms in total. The third-order valence-electron chi connectivity index (χ3n) is 9.87. The Balaban J connectivity index is 1.01. The second-order valence-electron chi connectivity index (χ2n) is 14.7. The minimum Gasteiger partial charge on any atom is -0.444 e. The number of anilines is 2. The van der Waals surface area contributed by atoms with E-state index in [0.717, 1.165) is 62.5 Å². The van der Waals surface area contributed by atoms with Gasteiger partial charge in [0.25, 0.3) is 5.91 Å². The Labute approximate surface area is 289 Å². The molecule has 268 valence electrons. The molecular formula is C35H44F2N8O5.